The number of thiophene rings is 1. The monoisotopic (exact) mass is 357 g/mol. The van der Waals surface area contributed by atoms with Crippen molar-refractivity contribution < 1.29 is 9.47 Å². The Kier molecular flexibility index (Phi) is 5.38. The summed E-state index contributed by atoms with van der Waals surface area (Å²) in [6.45, 7) is 4.86. The molecule has 6 heteroatoms. The van der Waals surface area contributed by atoms with Crippen molar-refractivity contribution in [1.82, 2.24) is 9.97 Å². The van der Waals surface area contributed by atoms with Gasteiger partial charge < -0.3 is 14.8 Å². The molecule has 0 bridgehead atoms. The maximum absolute atomic E-state index is 5.48. The summed E-state index contributed by atoms with van der Waals surface area (Å²) in [5, 5.41) is 4.55. The van der Waals surface area contributed by atoms with Crippen LogP contribution in [-0.4, -0.2) is 24.2 Å². The Morgan fingerprint density at radius 3 is 2.56 bits per heavy atom. The van der Waals surface area contributed by atoms with Crippen molar-refractivity contribution in [2.45, 2.75) is 33.2 Å². The number of hydrogen-bond acceptors (Lipinski definition) is 6. The van der Waals surface area contributed by atoms with E-state index in [1.54, 1.807) is 25.6 Å². The molecule has 2 heterocycles. The average molecular weight is 357 g/mol. The second-order valence-corrected chi connectivity index (χ2v) is 6.77. The molecule has 0 saturated heterocycles. The van der Waals surface area contributed by atoms with Crippen molar-refractivity contribution in [2.75, 3.05) is 19.5 Å². The maximum atomic E-state index is 5.48. The van der Waals surface area contributed by atoms with E-state index in [9.17, 15) is 0 Å². The standard InChI is InChI=1S/C19H23N3O2S/c1-5-14-10-15-18(21-17(6-2)22-19(15)25-14)20-11-12-7-8-13(23-3)9-16(12)24-4/h7-10H,5-6,11H2,1-4H3,(H,20,21,22). The summed E-state index contributed by atoms with van der Waals surface area (Å²) in [7, 11) is 3.32. The van der Waals surface area contributed by atoms with Crippen LogP contribution >= 0.6 is 11.3 Å². The summed E-state index contributed by atoms with van der Waals surface area (Å²) in [6, 6.07) is 8.03. The van der Waals surface area contributed by atoms with Gasteiger partial charge in [0.1, 0.15) is 28.0 Å². The van der Waals surface area contributed by atoms with E-state index >= 15 is 0 Å². The molecule has 0 amide bonds. The first kappa shape index (κ1) is 17.5. The van der Waals surface area contributed by atoms with Crippen molar-refractivity contribution >= 4 is 27.4 Å². The van der Waals surface area contributed by atoms with E-state index in [0.717, 1.165) is 51.8 Å². The van der Waals surface area contributed by atoms with Gasteiger partial charge in [-0.25, -0.2) is 9.97 Å². The summed E-state index contributed by atoms with van der Waals surface area (Å²) in [4.78, 5) is 11.7. The number of nitrogens with one attached hydrogen (secondary N) is 1. The molecule has 3 rings (SSSR count). The molecule has 1 N–H and O–H groups in total. The third-order valence-corrected chi connectivity index (χ3v) is 5.27. The van der Waals surface area contributed by atoms with Gasteiger partial charge in [-0.3, -0.25) is 0 Å². The normalized spacial score (nSPS) is 10.9. The number of benzene rings is 1. The van der Waals surface area contributed by atoms with Gasteiger partial charge in [-0.2, -0.15) is 0 Å². The van der Waals surface area contributed by atoms with E-state index in [-0.39, 0.29) is 0 Å². The number of methoxy groups -OCH3 is 2. The highest BCUT2D eigenvalue weighted by atomic mass is 32.1. The van der Waals surface area contributed by atoms with Crippen LogP contribution in [0, 0.1) is 0 Å². The number of ether oxygens (including phenoxy) is 2. The smallest absolute Gasteiger partial charge is 0.138 e. The van der Waals surface area contributed by atoms with E-state index in [1.165, 1.54) is 4.88 Å². The van der Waals surface area contributed by atoms with E-state index in [1.807, 2.05) is 18.2 Å². The van der Waals surface area contributed by atoms with Crippen LogP contribution in [0.4, 0.5) is 5.82 Å². The molecule has 0 fully saturated rings. The molecule has 0 spiro atoms. The summed E-state index contributed by atoms with van der Waals surface area (Å²) in [5.41, 5.74) is 1.05. The minimum absolute atomic E-state index is 0.625. The zero-order valence-electron chi connectivity index (χ0n) is 15.0. The first-order valence-corrected chi connectivity index (χ1v) is 9.24. The summed E-state index contributed by atoms with van der Waals surface area (Å²) in [5.74, 6) is 3.33. The molecule has 0 unspecified atom stereocenters. The van der Waals surface area contributed by atoms with Crippen LogP contribution in [0.3, 0.4) is 0 Å². The number of nitrogens with zero attached hydrogens (tertiary/aromatic N) is 2. The molecule has 132 valence electrons. The predicted molar refractivity (Wildman–Crippen MR) is 103 cm³/mol. The van der Waals surface area contributed by atoms with Crippen molar-refractivity contribution in [1.29, 1.82) is 0 Å². The Labute approximate surface area is 152 Å². The molecular formula is C19H23N3O2S. The van der Waals surface area contributed by atoms with Gasteiger partial charge in [-0.15, -0.1) is 11.3 Å². The van der Waals surface area contributed by atoms with Gasteiger partial charge in [-0.1, -0.05) is 13.8 Å². The summed E-state index contributed by atoms with van der Waals surface area (Å²) in [6.07, 6.45) is 1.82. The van der Waals surface area contributed by atoms with E-state index < -0.39 is 0 Å². The van der Waals surface area contributed by atoms with Gasteiger partial charge in [0, 0.05) is 29.5 Å². The fourth-order valence-electron chi connectivity index (χ4n) is 2.66. The summed E-state index contributed by atoms with van der Waals surface area (Å²) >= 11 is 1.74. The minimum atomic E-state index is 0.625. The Morgan fingerprint density at radius 2 is 1.88 bits per heavy atom. The molecule has 0 aliphatic rings. The molecule has 0 atom stereocenters. The third-order valence-electron chi connectivity index (χ3n) is 4.10. The van der Waals surface area contributed by atoms with Crippen LogP contribution < -0.4 is 14.8 Å². The highest BCUT2D eigenvalue weighted by Crippen LogP contribution is 2.31. The van der Waals surface area contributed by atoms with Crippen LogP contribution in [0.15, 0.2) is 24.3 Å². The molecular weight excluding hydrogens is 334 g/mol. The first-order valence-electron chi connectivity index (χ1n) is 8.42. The fraction of sp³-hybridized carbons (Fsp3) is 0.368. The third kappa shape index (κ3) is 3.69. The molecule has 5 nitrogen and oxygen atoms in total. The zero-order chi connectivity index (χ0) is 17.8. The lowest BCUT2D eigenvalue weighted by atomic mass is 10.2. The van der Waals surface area contributed by atoms with Crippen LogP contribution in [0.1, 0.15) is 30.1 Å². The van der Waals surface area contributed by atoms with Crippen molar-refractivity contribution in [3.8, 4) is 11.5 Å². The summed E-state index contributed by atoms with van der Waals surface area (Å²) < 4.78 is 10.7. The number of hydrogen-bond donors (Lipinski definition) is 1. The molecule has 0 aliphatic carbocycles. The molecule has 0 radical (unpaired) electrons. The number of anilines is 1. The Hall–Kier alpha value is -2.34. The molecule has 25 heavy (non-hydrogen) atoms. The second-order valence-electron chi connectivity index (χ2n) is 5.66. The topological polar surface area (TPSA) is 56.3 Å². The van der Waals surface area contributed by atoms with Gasteiger partial charge in [0.2, 0.25) is 0 Å². The lowest BCUT2D eigenvalue weighted by molar-refractivity contribution is 0.391. The number of fused-ring (bicyclic) bond motifs is 1. The minimum Gasteiger partial charge on any atom is -0.497 e. The SMILES string of the molecule is CCc1nc(NCc2ccc(OC)cc2OC)c2cc(CC)sc2n1. The maximum Gasteiger partial charge on any atom is 0.138 e. The van der Waals surface area contributed by atoms with Crippen LogP contribution in [0.25, 0.3) is 10.2 Å². The van der Waals surface area contributed by atoms with Crippen molar-refractivity contribution in [3.63, 3.8) is 0 Å². The van der Waals surface area contributed by atoms with E-state index in [0.29, 0.717) is 6.54 Å². The van der Waals surface area contributed by atoms with Gasteiger partial charge >= 0.3 is 0 Å². The van der Waals surface area contributed by atoms with Crippen molar-refractivity contribution in [3.05, 3.63) is 40.5 Å². The first-order chi connectivity index (χ1) is 12.2. The second kappa shape index (κ2) is 7.70. The zero-order valence-corrected chi connectivity index (χ0v) is 15.9. The lowest BCUT2D eigenvalue weighted by Crippen LogP contribution is -2.06. The van der Waals surface area contributed by atoms with Gasteiger partial charge in [0.25, 0.3) is 0 Å². The Bertz CT molecular complexity index is 876. The molecule has 0 aliphatic heterocycles. The fourth-order valence-corrected chi connectivity index (χ4v) is 3.65. The highest BCUT2D eigenvalue weighted by molar-refractivity contribution is 7.18. The van der Waals surface area contributed by atoms with Crippen LogP contribution in [-0.2, 0) is 19.4 Å². The quantitative estimate of drug-likeness (QED) is 0.677. The van der Waals surface area contributed by atoms with E-state index in [2.05, 4.69) is 30.2 Å². The van der Waals surface area contributed by atoms with Gasteiger partial charge in [0.05, 0.1) is 19.6 Å². The largest absolute Gasteiger partial charge is 0.497 e. The number of aryl methyl sites for hydroxylation is 2. The van der Waals surface area contributed by atoms with Crippen molar-refractivity contribution in [2.24, 2.45) is 0 Å². The number of aromatic nitrogens is 2. The van der Waals surface area contributed by atoms with Crippen LogP contribution in [0.2, 0.25) is 0 Å². The van der Waals surface area contributed by atoms with Gasteiger partial charge in [-0.05, 0) is 24.6 Å². The molecule has 2 aromatic heterocycles. The molecule has 3 aromatic rings. The Balaban J connectivity index is 1.91. The Morgan fingerprint density at radius 1 is 1.04 bits per heavy atom. The molecule has 0 saturated carbocycles. The highest BCUT2D eigenvalue weighted by Gasteiger charge is 2.12. The number of rotatable bonds is 7. The van der Waals surface area contributed by atoms with Gasteiger partial charge in [0.15, 0.2) is 0 Å². The van der Waals surface area contributed by atoms with Crippen LogP contribution in [0.5, 0.6) is 11.5 Å². The molecule has 1 aromatic carbocycles. The average Bonchev–Trinajstić information content (AvgIpc) is 3.09. The lowest BCUT2D eigenvalue weighted by Gasteiger charge is -2.12. The van der Waals surface area contributed by atoms with E-state index in [4.69, 9.17) is 14.5 Å². The predicted octanol–water partition coefficient (Wildman–Crippen LogP) is 4.45.